The molecule has 1 atom stereocenters. The largest absolute Gasteiger partial charge is 0.384 e. The van der Waals surface area contributed by atoms with Crippen molar-refractivity contribution in [1.82, 2.24) is 0 Å². The van der Waals surface area contributed by atoms with Gasteiger partial charge in [0.25, 0.3) is 0 Å². The van der Waals surface area contributed by atoms with Crippen LogP contribution in [0.15, 0.2) is 66.7 Å². The topological polar surface area (TPSA) is 20.2 Å². The molecule has 1 heteroatoms. The van der Waals surface area contributed by atoms with Crippen molar-refractivity contribution in [2.45, 2.75) is 13.0 Å². The average Bonchev–Trinajstić information content (AvgIpc) is 2.47. The van der Waals surface area contributed by atoms with Crippen LogP contribution in [0, 0.1) is 6.92 Å². The summed E-state index contributed by atoms with van der Waals surface area (Å²) in [5.41, 5.74) is 3.06. The van der Waals surface area contributed by atoms with Crippen LogP contribution in [-0.4, -0.2) is 5.11 Å². The first-order chi connectivity index (χ1) is 9.27. The first-order valence-electron chi connectivity index (χ1n) is 6.48. The van der Waals surface area contributed by atoms with Crippen LogP contribution < -0.4 is 0 Å². The maximum absolute atomic E-state index is 10.7. The lowest BCUT2D eigenvalue weighted by molar-refractivity contribution is 0.221. The Labute approximate surface area is 113 Å². The fourth-order valence-corrected chi connectivity index (χ4v) is 2.57. The normalized spacial score (nSPS) is 12.5. The van der Waals surface area contributed by atoms with Crippen molar-refractivity contribution in [2.75, 3.05) is 0 Å². The molecule has 0 saturated carbocycles. The number of hydrogen-bond acceptors (Lipinski definition) is 1. The van der Waals surface area contributed by atoms with Crippen LogP contribution in [0.5, 0.6) is 0 Å². The summed E-state index contributed by atoms with van der Waals surface area (Å²) in [7, 11) is 0. The molecule has 1 nitrogen and oxygen atoms in total. The molecule has 0 fully saturated rings. The first-order valence-corrected chi connectivity index (χ1v) is 6.48. The second kappa shape index (κ2) is 4.87. The van der Waals surface area contributed by atoms with Crippen LogP contribution in [0.25, 0.3) is 10.8 Å². The number of aliphatic hydroxyl groups excluding tert-OH is 1. The lowest BCUT2D eigenvalue weighted by Gasteiger charge is -2.17. The number of benzene rings is 3. The summed E-state index contributed by atoms with van der Waals surface area (Å²) in [6.45, 7) is 2.05. The van der Waals surface area contributed by atoms with Gasteiger partial charge in [0.15, 0.2) is 0 Å². The molecule has 0 aliphatic heterocycles. The van der Waals surface area contributed by atoms with E-state index in [1.165, 1.54) is 0 Å². The standard InChI is InChI=1S/C18H16O/c1-13-11-12-14-7-5-6-10-16(14)17(13)18(19)15-8-3-2-4-9-15/h2-12,18-19H,1H3. The third kappa shape index (κ3) is 2.13. The third-order valence-corrected chi connectivity index (χ3v) is 3.58. The van der Waals surface area contributed by atoms with E-state index in [1.54, 1.807) is 0 Å². The van der Waals surface area contributed by atoms with Crippen molar-refractivity contribution in [2.24, 2.45) is 0 Å². The monoisotopic (exact) mass is 248 g/mol. The van der Waals surface area contributed by atoms with Crippen molar-refractivity contribution >= 4 is 10.8 Å². The van der Waals surface area contributed by atoms with Crippen molar-refractivity contribution in [3.05, 3.63) is 83.4 Å². The SMILES string of the molecule is Cc1ccc2ccccc2c1C(O)c1ccccc1. The fraction of sp³-hybridized carbons (Fsp3) is 0.111. The Bertz CT molecular complexity index is 701. The van der Waals surface area contributed by atoms with Gasteiger partial charge < -0.3 is 5.11 Å². The van der Waals surface area contributed by atoms with Gasteiger partial charge in [-0.2, -0.15) is 0 Å². The Hall–Kier alpha value is -2.12. The van der Waals surface area contributed by atoms with E-state index in [4.69, 9.17) is 0 Å². The van der Waals surface area contributed by atoms with Crippen LogP contribution in [-0.2, 0) is 0 Å². The molecule has 0 aliphatic carbocycles. The van der Waals surface area contributed by atoms with Crippen LogP contribution in [0.1, 0.15) is 22.8 Å². The second-order valence-electron chi connectivity index (χ2n) is 4.83. The van der Waals surface area contributed by atoms with Gasteiger partial charge in [-0.15, -0.1) is 0 Å². The van der Waals surface area contributed by atoms with Gasteiger partial charge in [-0.3, -0.25) is 0 Å². The second-order valence-corrected chi connectivity index (χ2v) is 4.83. The molecular formula is C18H16O. The van der Waals surface area contributed by atoms with E-state index in [0.29, 0.717) is 0 Å². The minimum absolute atomic E-state index is 0.577. The predicted molar refractivity (Wildman–Crippen MR) is 79.2 cm³/mol. The van der Waals surface area contributed by atoms with Gasteiger partial charge in [0.2, 0.25) is 0 Å². The summed E-state index contributed by atoms with van der Waals surface area (Å²) in [6, 6.07) is 22.2. The van der Waals surface area contributed by atoms with E-state index >= 15 is 0 Å². The Balaban J connectivity index is 2.22. The van der Waals surface area contributed by atoms with Gasteiger partial charge in [-0.1, -0.05) is 66.7 Å². The van der Waals surface area contributed by atoms with Gasteiger partial charge in [0.1, 0.15) is 6.10 Å². The Morgan fingerprint density at radius 2 is 1.47 bits per heavy atom. The summed E-state index contributed by atoms with van der Waals surface area (Å²) in [6.07, 6.45) is -0.577. The van der Waals surface area contributed by atoms with Gasteiger partial charge in [0, 0.05) is 0 Å². The number of aliphatic hydroxyl groups is 1. The maximum Gasteiger partial charge on any atom is 0.105 e. The zero-order valence-electron chi connectivity index (χ0n) is 10.9. The summed E-state index contributed by atoms with van der Waals surface area (Å²) < 4.78 is 0. The van der Waals surface area contributed by atoms with E-state index in [9.17, 15) is 5.11 Å². The molecule has 0 saturated heterocycles. The Kier molecular flexibility index (Phi) is 3.06. The number of fused-ring (bicyclic) bond motifs is 1. The lowest BCUT2D eigenvalue weighted by atomic mass is 9.92. The minimum Gasteiger partial charge on any atom is -0.384 e. The quantitative estimate of drug-likeness (QED) is 0.719. The number of hydrogen-bond donors (Lipinski definition) is 1. The highest BCUT2D eigenvalue weighted by atomic mass is 16.3. The van der Waals surface area contributed by atoms with Crippen LogP contribution in [0.4, 0.5) is 0 Å². The number of rotatable bonds is 2. The fourth-order valence-electron chi connectivity index (χ4n) is 2.57. The summed E-state index contributed by atoms with van der Waals surface area (Å²) >= 11 is 0. The summed E-state index contributed by atoms with van der Waals surface area (Å²) in [4.78, 5) is 0. The Morgan fingerprint density at radius 1 is 0.789 bits per heavy atom. The van der Waals surface area contributed by atoms with E-state index in [-0.39, 0.29) is 0 Å². The number of aryl methyl sites for hydroxylation is 1. The molecule has 1 unspecified atom stereocenters. The highest BCUT2D eigenvalue weighted by molar-refractivity contribution is 5.87. The molecule has 1 N–H and O–H groups in total. The first kappa shape index (κ1) is 11.9. The molecule has 0 aromatic heterocycles. The predicted octanol–water partition coefficient (Wildman–Crippen LogP) is 4.23. The van der Waals surface area contributed by atoms with Gasteiger partial charge in [-0.25, -0.2) is 0 Å². The van der Waals surface area contributed by atoms with Crippen molar-refractivity contribution in [3.8, 4) is 0 Å². The Morgan fingerprint density at radius 3 is 2.26 bits per heavy atom. The molecule has 3 aromatic carbocycles. The summed E-state index contributed by atoms with van der Waals surface area (Å²) in [5, 5.41) is 13.0. The summed E-state index contributed by atoms with van der Waals surface area (Å²) in [5.74, 6) is 0. The third-order valence-electron chi connectivity index (χ3n) is 3.58. The molecule has 0 radical (unpaired) electrons. The maximum atomic E-state index is 10.7. The smallest absolute Gasteiger partial charge is 0.105 e. The minimum atomic E-state index is -0.577. The molecule has 0 bridgehead atoms. The van der Waals surface area contributed by atoms with E-state index in [2.05, 4.69) is 24.3 Å². The van der Waals surface area contributed by atoms with Crippen LogP contribution >= 0.6 is 0 Å². The van der Waals surface area contributed by atoms with E-state index in [0.717, 1.165) is 27.5 Å². The van der Waals surface area contributed by atoms with E-state index in [1.807, 2.05) is 49.4 Å². The molecule has 94 valence electrons. The zero-order valence-corrected chi connectivity index (χ0v) is 10.9. The molecule has 0 heterocycles. The highest BCUT2D eigenvalue weighted by Gasteiger charge is 2.15. The molecule has 0 aliphatic rings. The van der Waals surface area contributed by atoms with Crippen molar-refractivity contribution in [1.29, 1.82) is 0 Å². The molecule has 3 rings (SSSR count). The molecule has 19 heavy (non-hydrogen) atoms. The van der Waals surface area contributed by atoms with Crippen LogP contribution in [0.3, 0.4) is 0 Å². The van der Waals surface area contributed by atoms with Gasteiger partial charge in [-0.05, 0) is 34.4 Å². The average molecular weight is 248 g/mol. The zero-order chi connectivity index (χ0) is 13.2. The molecule has 0 spiro atoms. The molecule has 0 amide bonds. The highest BCUT2D eigenvalue weighted by Crippen LogP contribution is 2.31. The molecule has 3 aromatic rings. The van der Waals surface area contributed by atoms with E-state index < -0.39 is 6.10 Å². The van der Waals surface area contributed by atoms with Gasteiger partial charge >= 0.3 is 0 Å². The van der Waals surface area contributed by atoms with Crippen LogP contribution in [0.2, 0.25) is 0 Å². The lowest BCUT2D eigenvalue weighted by Crippen LogP contribution is -2.02. The molecular weight excluding hydrogens is 232 g/mol. The van der Waals surface area contributed by atoms with Crippen molar-refractivity contribution in [3.63, 3.8) is 0 Å². The van der Waals surface area contributed by atoms with Gasteiger partial charge in [0.05, 0.1) is 0 Å². The van der Waals surface area contributed by atoms with Crippen molar-refractivity contribution < 1.29 is 5.11 Å².